The minimum Gasteiger partial charge on any atom is -0.373 e. The highest BCUT2D eigenvalue weighted by Crippen LogP contribution is 2.43. The van der Waals surface area contributed by atoms with Gasteiger partial charge >= 0.3 is 0 Å². The summed E-state index contributed by atoms with van der Waals surface area (Å²) in [6, 6.07) is 0. The van der Waals surface area contributed by atoms with Gasteiger partial charge in [-0.15, -0.1) is 0 Å². The van der Waals surface area contributed by atoms with Crippen molar-refractivity contribution in [3.05, 3.63) is 0 Å². The lowest BCUT2D eigenvalue weighted by Gasteiger charge is -2.29. The summed E-state index contributed by atoms with van der Waals surface area (Å²) in [5, 5.41) is 0. The lowest BCUT2D eigenvalue weighted by Crippen LogP contribution is -2.40. The number of ether oxygens (including phenoxy) is 8. The number of hydrogen-bond acceptors (Lipinski definition) is 8. The third-order valence-corrected chi connectivity index (χ3v) is 6.07. The van der Waals surface area contributed by atoms with Gasteiger partial charge in [-0.3, -0.25) is 0 Å². The predicted octanol–water partition coefficient (Wildman–Crippen LogP) is 2.08. The van der Waals surface area contributed by atoms with E-state index in [0.29, 0.717) is 13.2 Å². The molecule has 5 saturated heterocycles. The predicted molar refractivity (Wildman–Crippen MR) is 95.3 cm³/mol. The Labute approximate surface area is 166 Å². The van der Waals surface area contributed by atoms with Crippen molar-refractivity contribution in [2.45, 2.75) is 114 Å². The average molecular weight is 400 g/mol. The third-order valence-electron chi connectivity index (χ3n) is 6.07. The highest BCUT2D eigenvalue weighted by Gasteiger charge is 2.57. The Hall–Kier alpha value is -0.320. The van der Waals surface area contributed by atoms with Gasteiger partial charge in [-0.25, -0.2) is 0 Å². The zero-order valence-corrected chi connectivity index (χ0v) is 17.1. The molecule has 0 aromatic rings. The highest BCUT2D eigenvalue weighted by atomic mass is 16.9. The maximum atomic E-state index is 6.18. The van der Waals surface area contributed by atoms with E-state index in [2.05, 4.69) is 0 Å². The molecule has 0 saturated carbocycles. The minimum atomic E-state index is -0.639. The zero-order chi connectivity index (χ0) is 19.5. The second-order valence-electron chi connectivity index (χ2n) is 9.24. The Kier molecular flexibility index (Phi) is 5.00. The van der Waals surface area contributed by atoms with E-state index in [4.69, 9.17) is 37.9 Å². The van der Waals surface area contributed by atoms with Gasteiger partial charge in [0.2, 0.25) is 0 Å². The molecular weight excluding hydrogens is 368 g/mol. The first-order chi connectivity index (χ1) is 13.3. The molecule has 0 unspecified atom stereocenters. The van der Waals surface area contributed by atoms with Crippen molar-refractivity contribution in [1.82, 2.24) is 0 Å². The van der Waals surface area contributed by atoms with E-state index in [1.54, 1.807) is 0 Å². The van der Waals surface area contributed by atoms with Crippen molar-refractivity contribution in [1.29, 1.82) is 0 Å². The van der Waals surface area contributed by atoms with Gasteiger partial charge in [-0.2, -0.15) is 0 Å². The average Bonchev–Trinajstić information content (AvgIpc) is 3.24. The van der Waals surface area contributed by atoms with Gasteiger partial charge in [0.1, 0.15) is 24.4 Å². The molecule has 5 fully saturated rings. The Morgan fingerprint density at radius 2 is 1.00 bits per heavy atom. The first-order valence-corrected chi connectivity index (χ1v) is 10.6. The van der Waals surface area contributed by atoms with Crippen LogP contribution in [0.25, 0.3) is 0 Å². The zero-order valence-electron chi connectivity index (χ0n) is 17.1. The summed E-state index contributed by atoms with van der Waals surface area (Å²) in [5.41, 5.74) is 0. The normalized spacial score (nSPS) is 50.1. The lowest BCUT2D eigenvalue weighted by molar-refractivity contribution is -0.227. The van der Waals surface area contributed by atoms with Gasteiger partial charge in [0, 0.05) is 13.2 Å². The quantitative estimate of drug-likeness (QED) is 0.612. The summed E-state index contributed by atoms with van der Waals surface area (Å²) in [6.45, 7) is 8.96. The van der Waals surface area contributed by atoms with Crippen LogP contribution in [0.3, 0.4) is 0 Å². The van der Waals surface area contributed by atoms with Crippen molar-refractivity contribution in [2.24, 2.45) is 0 Å². The molecular formula is C20H32O8. The molecule has 5 heterocycles. The van der Waals surface area contributed by atoms with Crippen LogP contribution in [0.5, 0.6) is 0 Å². The summed E-state index contributed by atoms with van der Waals surface area (Å²) in [7, 11) is 0. The second-order valence-corrected chi connectivity index (χ2v) is 9.24. The van der Waals surface area contributed by atoms with Crippen molar-refractivity contribution in [2.75, 3.05) is 13.2 Å². The fourth-order valence-corrected chi connectivity index (χ4v) is 4.93. The molecule has 0 aliphatic carbocycles. The number of fused-ring (bicyclic) bond motifs is 6. The molecule has 0 bridgehead atoms. The second kappa shape index (κ2) is 7.13. The van der Waals surface area contributed by atoms with Gasteiger partial charge in [0.25, 0.3) is 0 Å². The molecule has 0 radical (unpaired) electrons. The molecule has 5 aliphatic rings. The van der Waals surface area contributed by atoms with Crippen LogP contribution in [0.15, 0.2) is 0 Å². The van der Waals surface area contributed by atoms with Crippen LogP contribution in [0, 0.1) is 0 Å². The summed E-state index contributed by atoms with van der Waals surface area (Å²) in [6.07, 6.45) is 1.82. The van der Waals surface area contributed by atoms with Crippen LogP contribution in [-0.2, 0) is 37.9 Å². The fourth-order valence-electron chi connectivity index (χ4n) is 4.93. The molecule has 8 nitrogen and oxygen atoms in total. The van der Waals surface area contributed by atoms with Crippen LogP contribution in [-0.4, -0.2) is 74.0 Å². The Morgan fingerprint density at radius 1 is 0.571 bits per heavy atom. The molecule has 0 aromatic carbocycles. The highest BCUT2D eigenvalue weighted by molar-refractivity contribution is 4.98. The molecule has 0 aromatic heterocycles. The summed E-state index contributed by atoms with van der Waals surface area (Å²) >= 11 is 0. The van der Waals surface area contributed by atoms with Crippen molar-refractivity contribution >= 4 is 0 Å². The lowest BCUT2D eigenvalue weighted by atomic mass is 10.00. The van der Waals surface area contributed by atoms with Gasteiger partial charge in [0.15, 0.2) is 24.2 Å². The molecule has 0 amide bonds. The third kappa shape index (κ3) is 3.63. The van der Waals surface area contributed by atoms with E-state index in [1.165, 1.54) is 0 Å². The van der Waals surface area contributed by atoms with Crippen LogP contribution in [0.1, 0.15) is 53.4 Å². The summed E-state index contributed by atoms with van der Waals surface area (Å²) in [5.74, 6) is -1.28. The summed E-state index contributed by atoms with van der Waals surface area (Å²) < 4.78 is 48.7. The standard InChI is InChI=1S/C20H32O8/c1-19(2)25-15-13-11(23-17(15)27-19)7-8-12-14(22-10-6-5-9-21-13)16-18(24-12)28-20(3,4)26-16/h11-18H,5-10H2,1-4H3/t11-,12-,13+,14+,15-,16-,17-,18-/m1/s1. The van der Waals surface area contributed by atoms with Crippen molar-refractivity contribution < 1.29 is 37.9 Å². The molecule has 28 heavy (non-hydrogen) atoms. The molecule has 5 aliphatic heterocycles. The molecule has 160 valence electrons. The van der Waals surface area contributed by atoms with E-state index >= 15 is 0 Å². The SMILES string of the molecule is CC1(C)O[C@H]2O[C@@H]3CC[C@H]4O[C@@H]5OC(C)(C)O[C@@H]5[C@H]4OCCCCO[C@@H]3[C@H]2O1. The topological polar surface area (TPSA) is 73.8 Å². The van der Waals surface area contributed by atoms with E-state index in [-0.39, 0.29) is 49.2 Å². The van der Waals surface area contributed by atoms with Crippen molar-refractivity contribution in [3.63, 3.8) is 0 Å². The fraction of sp³-hybridized carbons (Fsp3) is 1.00. The van der Waals surface area contributed by atoms with E-state index in [0.717, 1.165) is 25.7 Å². The van der Waals surface area contributed by atoms with Crippen LogP contribution in [0.4, 0.5) is 0 Å². The number of hydrogen-bond donors (Lipinski definition) is 0. The van der Waals surface area contributed by atoms with Gasteiger partial charge in [-0.05, 0) is 53.4 Å². The molecule has 8 atom stereocenters. The van der Waals surface area contributed by atoms with E-state index < -0.39 is 11.6 Å². The monoisotopic (exact) mass is 400 g/mol. The Morgan fingerprint density at radius 3 is 1.43 bits per heavy atom. The minimum absolute atomic E-state index is 0.0894. The largest absolute Gasteiger partial charge is 0.373 e. The van der Waals surface area contributed by atoms with E-state index in [9.17, 15) is 0 Å². The molecule has 5 rings (SSSR count). The van der Waals surface area contributed by atoms with Gasteiger partial charge in [0.05, 0.1) is 12.2 Å². The summed E-state index contributed by atoms with van der Waals surface area (Å²) in [4.78, 5) is 0. The van der Waals surface area contributed by atoms with E-state index in [1.807, 2.05) is 27.7 Å². The Bertz CT molecular complexity index is 531. The smallest absolute Gasteiger partial charge is 0.190 e. The first kappa shape index (κ1) is 19.6. The maximum absolute atomic E-state index is 6.18. The van der Waals surface area contributed by atoms with Crippen LogP contribution < -0.4 is 0 Å². The van der Waals surface area contributed by atoms with Gasteiger partial charge < -0.3 is 37.9 Å². The first-order valence-electron chi connectivity index (χ1n) is 10.6. The number of rotatable bonds is 0. The molecule has 0 N–H and O–H groups in total. The van der Waals surface area contributed by atoms with Crippen molar-refractivity contribution in [3.8, 4) is 0 Å². The molecule has 8 heteroatoms. The maximum Gasteiger partial charge on any atom is 0.190 e. The van der Waals surface area contributed by atoms with Crippen LogP contribution >= 0.6 is 0 Å². The van der Waals surface area contributed by atoms with Gasteiger partial charge in [-0.1, -0.05) is 0 Å². The Balaban J connectivity index is 1.29. The molecule has 0 spiro atoms. The van der Waals surface area contributed by atoms with Crippen LogP contribution in [0.2, 0.25) is 0 Å².